The third kappa shape index (κ3) is 5.13. The van der Waals surface area contributed by atoms with Crippen LogP contribution >= 0.6 is 0 Å². The van der Waals surface area contributed by atoms with E-state index in [0.29, 0.717) is 29.7 Å². The number of carbonyl (C=O) groups excluding carboxylic acids is 2. The largest absolute Gasteiger partial charge is 0.497 e. The molecule has 3 atom stereocenters. The number of piperazine rings is 1. The number of aromatic nitrogens is 1. The molecule has 4 fully saturated rings. The SMILES string of the molecule is CCCS(=O)NC(=O)c1ccc2c(C3CCCCC3)c3n(c2c1)CC1(C(=O)N2CCN(C)C4(CCCC4)C2)CC1c1cc(OC)ccc1-3. The van der Waals surface area contributed by atoms with E-state index in [0.717, 1.165) is 69.4 Å². The lowest BCUT2D eigenvalue weighted by molar-refractivity contribution is -0.143. The summed E-state index contributed by atoms with van der Waals surface area (Å²) in [5, 5.41) is 1.18. The molecule has 9 heteroatoms. The monoisotopic (exact) mass is 670 g/mol. The number of hydrogen-bond donors (Lipinski definition) is 1. The quantitative estimate of drug-likeness (QED) is 0.301. The van der Waals surface area contributed by atoms with Crippen molar-refractivity contribution in [1.82, 2.24) is 19.1 Å². The number of benzene rings is 2. The van der Waals surface area contributed by atoms with Crippen molar-refractivity contribution in [1.29, 1.82) is 0 Å². The zero-order valence-electron chi connectivity index (χ0n) is 28.8. The van der Waals surface area contributed by atoms with Gasteiger partial charge in [-0.05, 0) is 92.9 Å². The van der Waals surface area contributed by atoms with Crippen molar-refractivity contribution < 1.29 is 18.5 Å². The molecule has 1 aromatic heterocycles. The van der Waals surface area contributed by atoms with Crippen molar-refractivity contribution in [3.63, 3.8) is 0 Å². The molecule has 3 aliphatic carbocycles. The third-order valence-corrected chi connectivity index (χ3v) is 13.8. The van der Waals surface area contributed by atoms with Crippen LogP contribution in [-0.2, 0) is 22.3 Å². The highest BCUT2D eigenvalue weighted by atomic mass is 32.2. The number of ether oxygens (including phenoxy) is 1. The molecule has 8 nitrogen and oxygen atoms in total. The minimum atomic E-state index is -1.41. The minimum Gasteiger partial charge on any atom is -0.497 e. The average Bonchev–Trinajstić information content (AvgIpc) is 3.53. The zero-order chi connectivity index (χ0) is 33.2. The van der Waals surface area contributed by atoms with Gasteiger partial charge in [0.15, 0.2) is 0 Å². The molecule has 1 saturated heterocycles. The van der Waals surface area contributed by atoms with Crippen molar-refractivity contribution in [2.24, 2.45) is 5.41 Å². The number of nitrogens with one attached hydrogen (secondary N) is 1. The molecule has 8 rings (SSSR count). The van der Waals surface area contributed by atoms with Crippen LogP contribution in [0.1, 0.15) is 111 Å². The van der Waals surface area contributed by atoms with E-state index in [1.54, 1.807) is 7.11 Å². The maximum atomic E-state index is 15.1. The van der Waals surface area contributed by atoms with E-state index in [1.165, 1.54) is 59.9 Å². The summed E-state index contributed by atoms with van der Waals surface area (Å²) >= 11 is 0. The summed E-state index contributed by atoms with van der Waals surface area (Å²) in [5.41, 5.74) is 6.07. The highest BCUT2D eigenvalue weighted by molar-refractivity contribution is 7.83. The Morgan fingerprint density at radius 3 is 2.54 bits per heavy atom. The molecule has 256 valence electrons. The lowest BCUT2D eigenvalue weighted by Gasteiger charge is -2.48. The summed E-state index contributed by atoms with van der Waals surface area (Å²) in [4.78, 5) is 33.2. The van der Waals surface area contributed by atoms with E-state index in [1.807, 2.05) is 19.1 Å². The van der Waals surface area contributed by atoms with Gasteiger partial charge in [0.2, 0.25) is 5.91 Å². The van der Waals surface area contributed by atoms with Gasteiger partial charge in [-0.3, -0.25) is 19.2 Å². The molecule has 2 amide bonds. The first-order chi connectivity index (χ1) is 23.3. The van der Waals surface area contributed by atoms with Crippen LogP contribution < -0.4 is 9.46 Å². The van der Waals surface area contributed by atoms with Crippen LogP contribution in [0.2, 0.25) is 0 Å². The Labute approximate surface area is 287 Å². The number of likely N-dealkylation sites (N-methyl/N-ethyl adjacent to an activating group) is 1. The van der Waals surface area contributed by atoms with Gasteiger partial charge in [0.25, 0.3) is 5.91 Å². The number of fused-ring (bicyclic) bond motifs is 7. The summed E-state index contributed by atoms with van der Waals surface area (Å²) in [6.45, 7) is 5.05. The van der Waals surface area contributed by atoms with Crippen molar-refractivity contribution in [2.45, 2.75) is 101 Å². The van der Waals surface area contributed by atoms with Gasteiger partial charge < -0.3 is 14.2 Å². The lowest BCUT2D eigenvalue weighted by Crippen LogP contribution is -2.61. The molecule has 0 radical (unpaired) electrons. The van der Waals surface area contributed by atoms with Crippen molar-refractivity contribution in [2.75, 3.05) is 39.5 Å². The standard InChI is InChI=1S/C39H50N4O4S/c1-4-20-48(46)40-36(44)27-12-14-30-33(21-27)43-25-39(37(45)42-19-18-41(2)38(24-42)16-8-9-17-38)23-32(39)31-22-28(47-3)13-15-29(31)35(43)34(30)26-10-6-5-7-11-26/h12-15,21-22,26,32H,4-11,16-20,23-25H2,1-3H3,(H,40,44). The Morgan fingerprint density at radius 1 is 1.00 bits per heavy atom. The van der Waals surface area contributed by atoms with Crippen molar-refractivity contribution in [3.8, 4) is 17.0 Å². The van der Waals surface area contributed by atoms with Gasteiger partial charge in [-0.1, -0.05) is 45.1 Å². The van der Waals surface area contributed by atoms with Gasteiger partial charge in [-0.2, -0.15) is 0 Å². The van der Waals surface area contributed by atoms with E-state index >= 15 is 4.79 Å². The van der Waals surface area contributed by atoms with Crippen LogP contribution in [0.15, 0.2) is 36.4 Å². The second kappa shape index (κ2) is 12.3. The number of rotatable bonds is 7. The number of carbonyl (C=O) groups is 2. The van der Waals surface area contributed by atoms with E-state index in [4.69, 9.17) is 4.74 Å². The molecule has 2 aromatic carbocycles. The number of nitrogens with zero attached hydrogens (tertiary/aromatic N) is 3. The molecule has 3 heterocycles. The fourth-order valence-corrected chi connectivity index (χ4v) is 10.7. The van der Waals surface area contributed by atoms with Crippen molar-refractivity contribution in [3.05, 3.63) is 53.1 Å². The van der Waals surface area contributed by atoms with E-state index in [9.17, 15) is 9.00 Å². The van der Waals surface area contributed by atoms with Crippen LogP contribution in [0.3, 0.4) is 0 Å². The van der Waals surface area contributed by atoms with Gasteiger partial charge >= 0.3 is 0 Å². The first-order valence-corrected chi connectivity index (χ1v) is 19.6. The normalized spacial score (nSPS) is 25.6. The molecule has 1 spiro atoms. The molecule has 0 bridgehead atoms. The van der Waals surface area contributed by atoms with Gasteiger partial charge in [-0.25, -0.2) is 4.21 Å². The Morgan fingerprint density at radius 2 is 1.79 bits per heavy atom. The van der Waals surface area contributed by atoms with Crippen LogP contribution in [0.25, 0.3) is 22.2 Å². The smallest absolute Gasteiger partial charge is 0.263 e. The zero-order valence-corrected chi connectivity index (χ0v) is 29.6. The second-order valence-corrected chi connectivity index (χ2v) is 16.6. The van der Waals surface area contributed by atoms with Crippen LogP contribution in [-0.4, -0.2) is 75.5 Å². The molecule has 3 saturated carbocycles. The number of amides is 2. The minimum absolute atomic E-state index is 0.0976. The summed E-state index contributed by atoms with van der Waals surface area (Å²) in [7, 11) is 2.55. The third-order valence-electron chi connectivity index (χ3n) is 12.6. The number of methoxy groups -OCH3 is 1. The summed E-state index contributed by atoms with van der Waals surface area (Å²) in [6, 6.07) is 12.5. The average molecular weight is 671 g/mol. The molecular weight excluding hydrogens is 621 g/mol. The Kier molecular flexibility index (Phi) is 8.22. The number of hydrogen-bond acceptors (Lipinski definition) is 5. The Bertz CT molecular complexity index is 1790. The predicted octanol–water partition coefficient (Wildman–Crippen LogP) is 6.74. The van der Waals surface area contributed by atoms with Gasteiger partial charge in [0, 0.05) is 65.4 Å². The Hall–Kier alpha value is -3.17. The van der Waals surface area contributed by atoms with Crippen LogP contribution in [0, 0.1) is 5.41 Å². The van der Waals surface area contributed by atoms with Crippen LogP contribution in [0.5, 0.6) is 5.75 Å². The van der Waals surface area contributed by atoms with E-state index < -0.39 is 16.4 Å². The summed E-state index contributed by atoms with van der Waals surface area (Å²) < 4.78 is 23.4. The molecule has 3 aromatic rings. The fourth-order valence-electron chi connectivity index (χ4n) is 9.95. The first kappa shape index (κ1) is 32.1. The van der Waals surface area contributed by atoms with E-state index in [2.05, 4.69) is 50.4 Å². The highest BCUT2D eigenvalue weighted by Gasteiger charge is 2.64. The van der Waals surface area contributed by atoms with Gasteiger partial charge in [0.1, 0.15) is 16.7 Å². The maximum absolute atomic E-state index is 15.1. The second-order valence-electron chi connectivity index (χ2n) is 15.3. The fraction of sp³-hybridized carbons (Fsp3) is 0.590. The lowest BCUT2D eigenvalue weighted by atomic mass is 9.81. The van der Waals surface area contributed by atoms with Gasteiger partial charge in [0.05, 0.1) is 18.2 Å². The molecule has 48 heavy (non-hydrogen) atoms. The highest BCUT2D eigenvalue weighted by Crippen LogP contribution is 2.66. The molecule has 3 unspecified atom stereocenters. The van der Waals surface area contributed by atoms with Gasteiger partial charge in [-0.15, -0.1) is 0 Å². The summed E-state index contributed by atoms with van der Waals surface area (Å²) in [5.74, 6) is 1.77. The molecular formula is C39H50N4O4S. The maximum Gasteiger partial charge on any atom is 0.263 e. The topological polar surface area (TPSA) is 83.9 Å². The molecule has 2 aliphatic heterocycles. The first-order valence-electron chi connectivity index (χ1n) is 18.3. The molecule has 5 aliphatic rings. The van der Waals surface area contributed by atoms with Crippen molar-refractivity contribution >= 4 is 33.7 Å². The predicted molar refractivity (Wildman–Crippen MR) is 191 cm³/mol. The van der Waals surface area contributed by atoms with Crippen LogP contribution in [0.4, 0.5) is 0 Å². The van der Waals surface area contributed by atoms with E-state index in [-0.39, 0.29) is 17.4 Å². The Balaban J connectivity index is 1.28. The summed E-state index contributed by atoms with van der Waals surface area (Å²) in [6.07, 6.45) is 12.3. The molecule has 1 N–H and O–H groups in total.